The van der Waals surface area contributed by atoms with Gasteiger partial charge in [-0.05, 0) is 67.5 Å². The fourth-order valence-electron chi connectivity index (χ4n) is 3.63. The molecule has 1 radical (unpaired) electrons. The number of anilines is 2. The number of hydrogen-bond acceptors (Lipinski definition) is 8. The number of aromatic nitrogens is 2. The third kappa shape index (κ3) is 5.29. The summed E-state index contributed by atoms with van der Waals surface area (Å²) >= 11 is 1.62. The Morgan fingerprint density at radius 1 is 1.33 bits per heavy atom. The van der Waals surface area contributed by atoms with Gasteiger partial charge in [0, 0.05) is 28.3 Å². The van der Waals surface area contributed by atoms with Crippen molar-refractivity contribution < 1.29 is 4.79 Å². The van der Waals surface area contributed by atoms with Gasteiger partial charge in [0.25, 0.3) is 11.7 Å². The van der Waals surface area contributed by atoms with Crippen LogP contribution < -0.4 is 15.5 Å². The molecule has 171 valence electrons. The number of likely N-dealkylation sites (N-methyl/N-ethyl adjacent to an activating group) is 1. The van der Waals surface area contributed by atoms with Crippen LogP contribution in [0.2, 0.25) is 0 Å². The largest absolute Gasteiger partial charge is 0.325 e. The topological polar surface area (TPSA) is 94.6 Å². The molecule has 3 heterocycles. The first-order valence-corrected chi connectivity index (χ1v) is 11.9. The number of benzene rings is 1. The number of amides is 1. The molecule has 1 aliphatic carbocycles. The highest BCUT2D eigenvalue weighted by molar-refractivity contribution is 7.97. The second-order valence-corrected chi connectivity index (χ2v) is 9.53. The summed E-state index contributed by atoms with van der Waals surface area (Å²) in [6, 6.07) is 9.99. The van der Waals surface area contributed by atoms with Crippen molar-refractivity contribution in [3.05, 3.63) is 60.4 Å². The highest BCUT2D eigenvalue weighted by atomic mass is 32.2. The van der Waals surface area contributed by atoms with Crippen molar-refractivity contribution in [1.82, 2.24) is 24.3 Å². The Balaban J connectivity index is 1.24. The Morgan fingerprint density at radius 3 is 2.91 bits per heavy atom. The molecule has 0 unspecified atom stereocenters. The van der Waals surface area contributed by atoms with Gasteiger partial charge >= 0.3 is 0 Å². The third-order valence-corrected chi connectivity index (χ3v) is 6.68. The fourth-order valence-corrected chi connectivity index (χ4v) is 4.49. The molecule has 2 aliphatic heterocycles. The van der Waals surface area contributed by atoms with Crippen molar-refractivity contribution >= 4 is 35.2 Å². The van der Waals surface area contributed by atoms with Gasteiger partial charge in [0.2, 0.25) is 5.91 Å². The molecule has 9 nitrogen and oxygen atoms in total. The molecule has 10 heteroatoms. The molecule has 1 amide bonds. The maximum absolute atomic E-state index is 12.1. The number of amidine groups is 1. The summed E-state index contributed by atoms with van der Waals surface area (Å²) in [7, 11) is 1.93. The average Bonchev–Trinajstić information content (AvgIpc) is 3.35. The minimum absolute atomic E-state index is 0.00974. The van der Waals surface area contributed by atoms with E-state index < -0.39 is 0 Å². The number of hydrogen-bond donors (Lipinski definition) is 3. The number of carbonyl (C=O) groups is 1. The van der Waals surface area contributed by atoms with Crippen molar-refractivity contribution in [3.63, 3.8) is 0 Å². The zero-order valence-electron chi connectivity index (χ0n) is 18.8. The Labute approximate surface area is 197 Å². The molecule has 1 saturated carbocycles. The molecule has 0 saturated heterocycles. The van der Waals surface area contributed by atoms with Gasteiger partial charge < -0.3 is 5.32 Å². The SMILES string of the molecule is CCN(C)CC(=O)Nc1ccc(SN2C=C(Nc3cc(C4CC4)[nH]n3)[N+]3C=CN=C3C2)cc1. The minimum Gasteiger partial charge on any atom is -0.325 e. The lowest BCUT2D eigenvalue weighted by atomic mass is 10.3. The van der Waals surface area contributed by atoms with Crippen LogP contribution in [0.1, 0.15) is 31.4 Å². The number of nitrogens with zero attached hydrogens (tertiary/aromatic N) is 5. The van der Waals surface area contributed by atoms with E-state index in [0.717, 1.165) is 34.6 Å². The molecular formula is C23H28N8OS+. The standard InChI is InChI=1S/C23H28N8OS/c1-3-29(2)15-23(32)25-17-6-8-18(9-7-17)33-30-13-21-24-10-11-31(21)22(14-30)26-20-12-19(27-28-20)16-4-5-16/h6-12,14,16H,3-5,13,15H2,1-2H3,(H,25,32)(H2,26,27,28)/q+1. The van der Waals surface area contributed by atoms with E-state index in [0.29, 0.717) is 19.0 Å². The lowest BCUT2D eigenvalue weighted by Crippen LogP contribution is -2.42. The van der Waals surface area contributed by atoms with Crippen molar-refractivity contribution in [2.45, 2.75) is 30.6 Å². The lowest BCUT2D eigenvalue weighted by Gasteiger charge is -2.24. The molecule has 2 aromatic rings. The van der Waals surface area contributed by atoms with Crippen molar-refractivity contribution in [2.24, 2.45) is 4.99 Å². The van der Waals surface area contributed by atoms with Crippen LogP contribution in [-0.2, 0) is 4.79 Å². The Morgan fingerprint density at radius 2 is 2.15 bits per heavy atom. The number of fused-ring (bicyclic) bond motifs is 1. The van der Waals surface area contributed by atoms with Crippen molar-refractivity contribution in [3.8, 4) is 0 Å². The monoisotopic (exact) mass is 464 g/mol. The van der Waals surface area contributed by atoms with Crippen molar-refractivity contribution in [1.29, 1.82) is 0 Å². The predicted molar refractivity (Wildman–Crippen MR) is 132 cm³/mol. The Hall–Kier alpha value is -3.08. The molecule has 1 fully saturated rings. The van der Waals surface area contributed by atoms with E-state index in [1.165, 1.54) is 18.5 Å². The van der Waals surface area contributed by atoms with Crippen LogP contribution in [-0.4, -0.2) is 57.8 Å². The van der Waals surface area contributed by atoms with E-state index in [1.807, 2.05) is 55.5 Å². The Kier molecular flexibility index (Phi) is 6.21. The third-order valence-electron chi connectivity index (χ3n) is 5.73. The van der Waals surface area contributed by atoms with Gasteiger partial charge in [-0.2, -0.15) is 10.1 Å². The number of carbonyl (C=O) groups excluding carboxylic acids is 1. The minimum atomic E-state index is -0.00974. The van der Waals surface area contributed by atoms with Gasteiger partial charge in [0.1, 0.15) is 6.54 Å². The molecule has 1 aromatic carbocycles. The first kappa shape index (κ1) is 21.7. The molecule has 3 N–H and O–H groups in total. The number of H-pyrrole nitrogens is 1. The molecule has 0 atom stereocenters. The molecule has 0 bridgehead atoms. The van der Waals surface area contributed by atoms with Crippen LogP contribution in [0.3, 0.4) is 0 Å². The van der Waals surface area contributed by atoms with Crippen LogP contribution in [0.4, 0.5) is 11.5 Å². The average molecular weight is 465 g/mol. The van der Waals surface area contributed by atoms with Crippen LogP contribution in [0, 0.1) is 0 Å². The van der Waals surface area contributed by atoms with E-state index in [1.54, 1.807) is 11.9 Å². The second kappa shape index (κ2) is 9.42. The highest BCUT2D eigenvalue weighted by Gasteiger charge is 2.37. The second-order valence-electron chi connectivity index (χ2n) is 8.41. The van der Waals surface area contributed by atoms with E-state index >= 15 is 0 Å². The maximum Gasteiger partial charge on any atom is 0.285 e. The summed E-state index contributed by atoms with van der Waals surface area (Å²) in [6.07, 6.45) is 8.31. The summed E-state index contributed by atoms with van der Waals surface area (Å²) < 4.78 is 2.14. The zero-order valence-corrected chi connectivity index (χ0v) is 19.6. The van der Waals surface area contributed by atoms with Crippen LogP contribution in [0.15, 0.2) is 64.6 Å². The highest BCUT2D eigenvalue weighted by Crippen LogP contribution is 2.39. The van der Waals surface area contributed by atoms with Crippen molar-refractivity contribution in [2.75, 3.05) is 37.3 Å². The fraction of sp³-hybridized carbons (Fsp3) is 0.348. The van der Waals surface area contributed by atoms with Crippen LogP contribution >= 0.6 is 11.9 Å². The normalized spacial score (nSPS) is 17.7. The smallest absolute Gasteiger partial charge is 0.285 e. The quantitative estimate of drug-likeness (QED) is 0.389. The predicted octanol–water partition coefficient (Wildman–Crippen LogP) is 3.43. The summed E-state index contributed by atoms with van der Waals surface area (Å²) in [5.74, 6) is 3.28. The Bertz CT molecular complexity index is 1100. The summed E-state index contributed by atoms with van der Waals surface area (Å²) in [5, 5.41) is 13.9. The summed E-state index contributed by atoms with van der Waals surface area (Å²) in [4.78, 5) is 21.7. The number of aromatic amines is 1. The summed E-state index contributed by atoms with van der Waals surface area (Å²) in [5.41, 5.74) is 1.99. The first-order chi connectivity index (χ1) is 16.1. The van der Waals surface area contributed by atoms with E-state index in [2.05, 4.69) is 47.3 Å². The molecule has 33 heavy (non-hydrogen) atoms. The van der Waals surface area contributed by atoms with E-state index in [9.17, 15) is 4.79 Å². The maximum atomic E-state index is 12.1. The lowest BCUT2D eigenvalue weighted by molar-refractivity contribution is -0.117. The molecule has 3 aliphatic rings. The molecule has 0 spiro atoms. The van der Waals surface area contributed by atoms with Gasteiger partial charge in [0.05, 0.1) is 18.9 Å². The molecular weight excluding hydrogens is 436 g/mol. The van der Waals surface area contributed by atoms with Gasteiger partial charge in [-0.1, -0.05) is 6.92 Å². The number of nitrogens with one attached hydrogen (secondary N) is 3. The summed E-state index contributed by atoms with van der Waals surface area (Å²) in [6.45, 7) is 3.93. The van der Waals surface area contributed by atoms with Gasteiger partial charge in [0.15, 0.2) is 12.0 Å². The van der Waals surface area contributed by atoms with Crippen LogP contribution in [0.25, 0.3) is 0 Å². The number of aliphatic imine (C=N–C) groups is 1. The number of rotatable bonds is 9. The molecule has 5 rings (SSSR count). The van der Waals surface area contributed by atoms with Crippen LogP contribution in [0.5, 0.6) is 0 Å². The van der Waals surface area contributed by atoms with E-state index in [-0.39, 0.29) is 5.91 Å². The van der Waals surface area contributed by atoms with Gasteiger partial charge in [-0.25, -0.2) is 0 Å². The van der Waals surface area contributed by atoms with Gasteiger partial charge in [-0.3, -0.25) is 24.4 Å². The molecule has 1 aromatic heterocycles. The zero-order chi connectivity index (χ0) is 22.8. The van der Waals surface area contributed by atoms with E-state index in [4.69, 9.17) is 0 Å². The first-order valence-electron chi connectivity index (χ1n) is 11.2. The van der Waals surface area contributed by atoms with Gasteiger partial charge in [-0.15, -0.1) is 0 Å².